The van der Waals surface area contributed by atoms with Gasteiger partial charge in [-0.3, -0.25) is 4.79 Å². The lowest BCUT2D eigenvalue weighted by Crippen LogP contribution is -2.12. The Morgan fingerprint density at radius 1 is 0.853 bits per heavy atom. The number of benzene rings is 4. The topological polar surface area (TPSA) is 54.9 Å². The van der Waals surface area contributed by atoms with Gasteiger partial charge in [0.25, 0.3) is 5.91 Å². The summed E-state index contributed by atoms with van der Waals surface area (Å²) in [5.74, 6) is 0.534. The summed E-state index contributed by atoms with van der Waals surface area (Å²) >= 11 is 6.15. The third-order valence-corrected chi connectivity index (χ3v) is 5.97. The zero-order valence-electron chi connectivity index (χ0n) is 18.6. The summed E-state index contributed by atoms with van der Waals surface area (Å²) in [5.41, 5.74) is 6.26. The minimum Gasteiger partial charge on any atom is -0.321 e. The Hall–Kier alpha value is -4.02. The smallest absolute Gasteiger partial charge is 0.255 e. The molecule has 0 spiro atoms. The SMILES string of the molecule is Cc1ccc2nc(Cc3ccc(C(=O)Nc4ccccc4Cl)cc3)nc(-c3ccccc3)c2c1. The van der Waals surface area contributed by atoms with Gasteiger partial charge < -0.3 is 5.32 Å². The fourth-order valence-corrected chi connectivity index (χ4v) is 4.08. The number of para-hydroxylation sites is 1. The third kappa shape index (κ3) is 4.68. The lowest BCUT2D eigenvalue weighted by atomic mass is 10.0. The first-order valence-electron chi connectivity index (χ1n) is 11.0. The van der Waals surface area contributed by atoms with Crippen LogP contribution in [0.3, 0.4) is 0 Å². The molecule has 5 aromatic rings. The first-order chi connectivity index (χ1) is 16.6. The number of nitrogens with one attached hydrogen (secondary N) is 1. The van der Waals surface area contributed by atoms with Gasteiger partial charge >= 0.3 is 0 Å². The van der Waals surface area contributed by atoms with Crippen molar-refractivity contribution >= 4 is 34.1 Å². The second-order valence-electron chi connectivity index (χ2n) is 8.18. The van der Waals surface area contributed by atoms with Crippen molar-refractivity contribution < 1.29 is 4.79 Å². The molecule has 1 amide bonds. The highest BCUT2D eigenvalue weighted by Gasteiger charge is 2.12. The quantitative estimate of drug-likeness (QED) is 0.302. The molecule has 0 unspecified atom stereocenters. The van der Waals surface area contributed by atoms with Crippen LogP contribution in [0.5, 0.6) is 0 Å². The molecular formula is C29H22ClN3O. The van der Waals surface area contributed by atoms with Crippen LogP contribution in [-0.4, -0.2) is 15.9 Å². The number of nitrogens with zero attached hydrogens (tertiary/aromatic N) is 2. The Kier molecular flexibility index (Phi) is 6.07. The Morgan fingerprint density at radius 2 is 1.59 bits per heavy atom. The van der Waals surface area contributed by atoms with Crippen LogP contribution in [-0.2, 0) is 6.42 Å². The zero-order chi connectivity index (χ0) is 23.5. The maximum absolute atomic E-state index is 12.6. The first kappa shape index (κ1) is 21.8. The number of amides is 1. The molecule has 0 atom stereocenters. The van der Waals surface area contributed by atoms with Crippen molar-refractivity contribution in [3.05, 3.63) is 125 Å². The van der Waals surface area contributed by atoms with Crippen LogP contribution in [0.1, 0.15) is 27.3 Å². The van der Waals surface area contributed by atoms with Crippen LogP contribution in [0.15, 0.2) is 97.1 Å². The van der Waals surface area contributed by atoms with Gasteiger partial charge in [-0.2, -0.15) is 0 Å². The summed E-state index contributed by atoms with van der Waals surface area (Å²) in [6.07, 6.45) is 0.566. The number of rotatable bonds is 5. The van der Waals surface area contributed by atoms with E-state index in [1.54, 1.807) is 12.1 Å². The largest absolute Gasteiger partial charge is 0.321 e. The number of carbonyl (C=O) groups excluding carboxylic acids is 1. The number of fused-ring (bicyclic) bond motifs is 1. The molecule has 0 aliphatic heterocycles. The van der Waals surface area contributed by atoms with E-state index >= 15 is 0 Å². The number of aromatic nitrogens is 2. The van der Waals surface area contributed by atoms with E-state index in [4.69, 9.17) is 21.6 Å². The van der Waals surface area contributed by atoms with Crippen LogP contribution >= 0.6 is 11.6 Å². The third-order valence-electron chi connectivity index (χ3n) is 5.65. The van der Waals surface area contributed by atoms with Crippen molar-refractivity contribution in [2.75, 3.05) is 5.32 Å². The fraction of sp³-hybridized carbons (Fsp3) is 0.0690. The van der Waals surface area contributed by atoms with Crippen LogP contribution in [0.4, 0.5) is 5.69 Å². The summed E-state index contributed by atoms with van der Waals surface area (Å²) in [7, 11) is 0. The molecule has 0 aliphatic carbocycles. The van der Waals surface area contributed by atoms with Crippen molar-refractivity contribution in [1.29, 1.82) is 0 Å². The van der Waals surface area contributed by atoms with Crippen LogP contribution in [0, 0.1) is 6.92 Å². The molecule has 1 N–H and O–H groups in total. The molecule has 5 rings (SSSR count). The number of hydrogen-bond donors (Lipinski definition) is 1. The molecule has 0 saturated heterocycles. The molecule has 34 heavy (non-hydrogen) atoms. The van der Waals surface area contributed by atoms with Crippen molar-refractivity contribution in [3.8, 4) is 11.3 Å². The highest BCUT2D eigenvalue weighted by Crippen LogP contribution is 2.27. The average molecular weight is 464 g/mol. The molecule has 1 aromatic heterocycles. The summed E-state index contributed by atoms with van der Waals surface area (Å²) in [6, 6.07) is 31.1. The number of carbonyl (C=O) groups is 1. The van der Waals surface area contributed by atoms with E-state index in [-0.39, 0.29) is 5.91 Å². The van der Waals surface area contributed by atoms with Gasteiger partial charge in [0.05, 0.1) is 21.9 Å². The Balaban J connectivity index is 1.42. The van der Waals surface area contributed by atoms with Gasteiger partial charge in [0, 0.05) is 22.9 Å². The van der Waals surface area contributed by atoms with Crippen LogP contribution in [0.25, 0.3) is 22.2 Å². The van der Waals surface area contributed by atoms with E-state index < -0.39 is 0 Å². The van der Waals surface area contributed by atoms with Gasteiger partial charge in [-0.05, 0) is 48.9 Å². The molecule has 1 heterocycles. The molecule has 0 aliphatic rings. The summed E-state index contributed by atoms with van der Waals surface area (Å²) in [6.45, 7) is 2.07. The van der Waals surface area contributed by atoms with E-state index in [0.717, 1.165) is 33.5 Å². The minimum atomic E-state index is -0.205. The zero-order valence-corrected chi connectivity index (χ0v) is 19.4. The Labute approximate surface area is 203 Å². The maximum atomic E-state index is 12.6. The lowest BCUT2D eigenvalue weighted by molar-refractivity contribution is 0.102. The fourth-order valence-electron chi connectivity index (χ4n) is 3.90. The highest BCUT2D eigenvalue weighted by atomic mass is 35.5. The predicted molar refractivity (Wildman–Crippen MR) is 138 cm³/mol. The normalized spacial score (nSPS) is 10.9. The summed E-state index contributed by atoms with van der Waals surface area (Å²) in [5, 5.41) is 4.40. The number of aryl methyl sites for hydroxylation is 1. The second kappa shape index (κ2) is 9.46. The lowest BCUT2D eigenvalue weighted by Gasteiger charge is -2.11. The number of anilines is 1. The van der Waals surface area contributed by atoms with E-state index in [2.05, 4.69) is 36.5 Å². The van der Waals surface area contributed by atoms with Crippen molar-refractivity contribution in [2.24, 2.45) is 0 Å². The predicted octanol–water partition coefficient (Wildman–Crippen LogP) is 7.10. The van der Waals surface area contributed by atoms with Gasteiger partial charge in [-0.15, -0.1) is 0 Å². The van der Waals surface area contributed by atoms with Gasteiger partial charge in [0.15, 0.2) is 0 Å². The molecule has 166 valence electrons. The standard InChI is InChI=1S/C29H22ClN3O/c1-19-11-16-25-23(17-19)28(21-7-3-2-4-8-21)33-27(31-25)18-20-12-14-22(15-13-20)29(34)32-26-10-6-5-9-24(26)30/h2-17H,18H2,1H3,(H,32,34). The van der Waals surface area contributed by atoms with Crippen molar-refractivity contribution in [2.45, 2.75) is 13.3 Å². The van der Waals surface area contributed by atoms with Gasteiger partial charge in [0.2, 0.25) is 0 Å². The molecule has 0 saturated carbocycles. The van der Waals surface area contributed by atoms with E-state index in [1.807, 2.05) is 60.7 Å². The van der Waals surface area contributed by atoms with E-state index in [9.17, 15) is 4.79 Å². The van der Waals surface area contributed by atoms with Crippen molar-refractivity contribution in [3.63, 3.8) is 0 Å². The molecule has 0 bridgehead atoms. The molecule has 4 nitrogen and oxygen atoms in total. The van der Waals surface area contributed by atoms with Gasteiger partial charge in [-0.1, -0.05) is 77.8 Å². The van der Waals surface area contributed by atoms with Crippen molar-refractivity contribution in [1.82, 2.24) is 9.97 Å². The van der Waals surface area contributed by atoms with Gasteiger partial charge in [0.1, 0.15) is 5.82 Å². The summed E-state index contributed by atoms with van der Waals surface area (Å²) < 4.78 is 0. The van der Waals surface area contributed by atoms with E-state index in [1.165, 1.54) is 5.56 Å². The van der Waals surface area contributed by atoms with Gasteiger partial charge in [-0.25, -0.2) is 9.97 Å². The molecule has 0 radical (unpaired) electrons. The maximum Gasteiger partial charge on any atom is 0.255 e. The minimum absolute atomic E-state index is 0.205. The highest BCUT2D eigenvalue weighted by molar-refractivity contribution is 6.33. The Morgan fingerprint density at radius 3 is 2.35 bits per heavy atom. The summed E-state index contributed by atoms with van der Waals surface area (Å²) in [4.78, 5) is 22.4. The Bertz CT molecular complexity index is 1480. The monoisotopic (exact) mass is 463 g/mol. The first-order valence-corrected chi connectivity index (χ1v) is 11.4. The molecular weight excluding hydrogens is 442 g/mol. The molecule has 5 heteroatoms. The molecule has 4 aromatic carbocycles. The number of hydrogen-bond acceptors (Lipinski definition) is 3. The van der Waals surface area contributed by atoms with E-state index in [0.29, 0.717) is 22.7 Å². The van der Waals surface area contributed by atoms with Crippen LogP contribution < -0.4 is 5.32 Å². The second-order valence-corrected chi connectivity index (χ2v) is 8.59. The average Bonchev–Trinajstić information content (AvgIpc) is 2.86. The molecule has 0 fully saturated rings. The van der Waals surface area contributed by atoms with Crippen LogP contribution in [0.2, 0.25) is 5.02 Å². The number of halogens is 1.